The first kappa shape index (κ1) is 24.6. The number of nitrogens with one attached hydrogen (secondary N) is 4. The maximum absolute atomic E-state index is 11.8. The van der Waals surface area contributed by atoms with Gasteiger partial charge in [0.05, 0.1) is 24.2 Å². The highest BCUT2D eigenvalue weighted by Gasteiger charge is 2.44. The second-order valence-electron chi connectivity index (χ2n) is 8.90. The molecule has 184 valence electrons. The van der Waals surface area contributed by atoms with Gasteiger partial charge >= 0.3 is 24.0 Å². The lowest BCUT2D eigenvalue weighted by Gasteiger charge is -2.21. The predicted molar refractivity (Wildman–Crippen MR) is 129 cm³/mol. The van der Waals surface area contributed by atoms with E-state index >= 15 is 0 Å². The van der Waals surface area contributed by atoms with E-state index in [4.69, 9.17) is 0 Å². The van der Waals surface area contributed by atoms with E-state index in [1.165, 1.54) is 0 Å². The van der Waals surface area contributed by atoms with Crippen molar-refractivity contribution in [2.24, 2.45) is 0 Å². The standard InChI is InChI=1S/C20H30N4O6S3/c25-17(26)13(5-1-3-11-15-9(7-31-11)21-19(29)23-15)33-14(18(27)28)6-2-4-12-16-10(8-32-12)22-20(30)24-16/h9-16H,1-8H2,(H,25,26)(H,27,28)(H2,21,23,29)(H2,22,24,30)/t9-,10-,11-,12-,13?,14?,15-,16-/m0/s1. The number of fused-ring (bicyclic) bond motifs is 2. The number of hydrogen-bond acceptors (Lipinski definition) is 7. The fourth-order valence-electron chi connectivity index (χ4n) is 4.99. The minimum Gasteiger partial charge on any atom is -0.480 e. The molecule has 4 amide bonds. The molecule has 0 aromatic heterocycles. The molecule has 4 aliphatic heterocycles. The molecule has 6 N–H and O–H groups in total. The first-order chi connectivity index (χ1) is 15.8. The van der Waals surface area contributed by atoms with Crippen molar-refractivity contribution in [3.63, 3.8) is 0 Å². The summed E-state index contributed by atoms with van der Waals surface area (Å²) in [6.45, 7) is 0. The fourth-order valence-corrected chi connectivity index (χ4v) is 9.31. The largest absolute Gasteiger partial charge is 0.480 e. The first-order valence-electron chi connectivity index (χ1n) is 11.3. The van der Waals surface area contributed by atoms with Crippen LogP contribution in [0.4, 0.5) is 9.59 Å². The highest BCUT2D eigenvalue weighted by molar-refractivity contribution is 8.01. The van der Waals surface area contributed by atoms with Gasteiger partial charge in [0.2, 0.25) is 0 Å². The van der Waals surface area contributed by atoms with Crippen molar-refractivity contribution >= 4 is 59.3 Å². The molecule has 0 aliphatic carbocycles. The lowest BCUT2D eigenvalue weighted by molar-refractivity contribution is -0.136. The molecule has 4 aliphatic rings. The van der Waals surface area contributed by atoms with Crippen LogP contribution in [0.3, 0.4) is 0 Å². The van der Waals surface area contributed by atoms with Gasteiger partial charge in [-0.25, -0.2) is 9.59 Å². The van der Waals surface area contributed by atoms with Crippen molar-refractivity contribution in [3.05, 3.63) is 0 Å². The van der Waals surface area contributed by atoms with Gasteiger partial charge in [-0.3, -0.25) is 9.59 Å². The van der Waals surface area contributed by atoms with Crippen molar-refractivity contribution in [3.8, 4) is 0 Å². The van der Waals surface area contributed by atoms with Crippen molar-refractivity contribution in [1.82, 2.24) is 21.3 Å². The molecule has 33 heavy (non-hydrogen) atoms. The zero-order valence-electron chi connectivity index (χ0n) is 18.0. The summed E-state index contributed by atoms with van der Waals surface area (Å²) in [5.41, 5.74) is 0. The van der Waals surface area contributed by atoms with Crippen LogP contribution in [0.5, 0.6) is 0 Å². The van der Waals surface area contributed by atoms with Gasteiger partial charge < -0.3 is 31.5 Å². The number of thioether (sulfide) groups is 3. The minimum absolute atomic E-state index is 0.0816. The summed E-state index contributed by atoms with van der Waals surface area (Å²) < 4.78 is 0. The van der Waals surface area contributed by atoms with Gasteiger partial charge in [-0.05, 0) is 25.7 Å². The van der Waals surface area contributed by atoms with Crippen LogP contribution < -0.4 is 21.3 Å². The van der Waals surface area contributed by atoms with Gasteiger partial charge in [-0.1, -0.05) is 12.8 Å². The molecule has 4 heterocycles. The van der Waals surface area contributed by atoms with Crippen LogP contribution in [0.1, 0.15) is 38.5 Å². The minimum atomic E-state index is -0.979. The van der Waals surface area contributed by atoms with E-state index in [1.54, 1.807) is 23.5 Å². The number of carboxylic acids is 2. The Balaban J connectivity index is 1.21. The third kappa shape index (κ3) is 5.97. The molecule has 0 aromatic rings. The Kier molecular flexibility index (Phi) is 8.11. The lowest BCUT2D eigenvalue weighted by atomic mass is 10.0. The van der Waals surface area contributed by atoms with Gasteiger partial charge in [-0.2, -0.15) is 23.5 Å². The van der Waals surface area contributed by atoms with Crippen LogP contribution in [0.2, 0.25) is 0 Å². The molecule has 10 nitrogen and oxygen atoms in total. The summed E-state index contributed by atoms with van der Waals surface area (Å²) in [7, 11) is 0. The van der Waals surface area contributed by atoms with E-state index in [9.17, 15) is 29.4 Å². The predicted octanol–water partition coefficient (Wildman–Crippen LogP) is 1.30. The normalized spacial score (nSPS) is 33.9. The number of carbonyl (C=O) groups is 4. The molecule has 0 spiro atoms. The monoisotopic (exact) mass is 518 g/mol. The number of urea groups is 2. The SMILES string of the molecule is O=C1N[C@H]2[C@H](CS[C@H]2CCCC(SC(CCC[C@@H]2SC[C@@H]3NC(=O)N[C@@H]32)C(=O)O)C(=O)O)N1. The van der Waals surface area contributed by atoms with Crippen LogP contribution in [0.15, 0.2) is 0 Å². The second kappa shape index (κ2) is 10.9. The molecule has 0 radical (unpaired) electrons. The van der Waals surface area contributed by atoms with Gasteiger partial charge in [0.1, 0.15) is 10.5 Å². The zero-order chi connectivity index (χ0) is 23.5. The van der Waals surface area contributed by atoms with Crippen molar-refractivity contribution in [1.29, 1.82) is 0 Å². The summed E-state index contributed by atoms with van der Waals surface area (Å²) in [5.74, 6) is -0.249. The van der Waals surface area contributed by atoms with E-state index in [0.717, 1.165) is 36.1 Å². The number of rotatable bonds is 12. The van der Waals surface area contributed by atoms with E-state index < -0.39 is 22.4 Å². The van der Waals surface area contributed by atoms with Crippen LogP contribution in [-0.2, 0) is 9.59 Å². The van der Waals surface area contributed by atoms with E-state index in [1.807, 2.05) is 0 Å². The summed E-state index contributed by atoms with van der Waals surface area (Å²) in [4.78, 5) is 46.6. The van der Waals surface area contributed by atoms with Crippen LogP contribution >= 0.6 is 35.3 Å². The average molecular weight is 519 g/mol. The topological polar surface area (TPSA) is 157 Å². The summed E-state index contributed by atoms with van der Waals surface area (Å²) in [5, 5.41) is 30.0. The van der Waals surface area contributed by atoms with Crippen LogP contribution in [0, 0.1) is 0 Å². The fraction of sp³-hybridized carbons (Fsp3) is 0.800. The third-order valence-corrected chi connectivity index (χ3v) is 11.2. The summed E-state index contributed by atoms with van der Waals surface area (Å²) >= 11 is 4.61. The molecule has 8 atom stereocenters. The lowest BCUT2D eigenvalue weighted by Crippen LogP contribution is -2.37. The number of hydrogen-bond donors (Lipinski definition) is 6. The molecular formula is C20H30N4O6S3. The van der Waals surface area contributed by atoms with Gasteiger partial charge in [0, 0.05) is 22.0 Å². The molecule has 13 heteroatoms. The zero-order valence-corrected chi connectivity index (χ0v) is 20.5. The Hall–Kier alpha value is -1.47. The third-order valence-electron chi connectivity index (χ3n) is 6.67. The maximum atomic E-state index is 11.8. The molecule has 2 unspecified atom stereocenters. The Bertz CT molecular complexity index is 727. The molecule has 0 saturated carbocycles. The molecule has 4 fully saturated rings. The Morgan fingerprint density at radius 2 is 1.24 bits per heavy atom. The highest BCUT2D eigenvalue weighted by Crippen LogP contribution is 2.36. The van der Waals surface area contributed by atoms with Crippen molar-refractivity contribution in [2.45, 2.75) is 83.7 Å². The number of carbonyl (C=O) groups excluding carboxylic acids is 2. The Labute approximate surface area is 204 Å². The number of amides is 4. The number of carboxylic acid groups (broad SMARTS) is 2. The quantitative estimate of drug-likeness (QED) is 0.210. The molecule has 4 rings (SSSR count). The van der Waals surface area contributed by atoms with E-state index in [0.29, 0.717) is 25.7 Å². The second-order valence-corrected chi connectivity index (χ2v) is 12.8. The Morgan fingerprint density at radius 1 is 0.818 bits per heavy atom. The maximum Gasteiger partial charge on any atom is 0.316 e. The average Bonchev–Trinajstić information content (AvgIpc) is 3.48. The summed E-state index contributed by atoms with van der Waals surface area (Å²) in [6.07, 6.45) is 3.72. The number of aliphatic carboxylic acids is 2. The molecule has 0 bridgehead atoms. The first-order valence-corrected chi connectivity index (χ1v) is 14.3. The highest BCUT2D eigenvalue weighted by atomic mass is 32.2. The molecule has 4 saturated heterocycles. The van der Waals surface area contributed by atoms with Gasteiger partial charge in [0.25, 0.3) is 0 Å². The van der Waals surface area contributed by atoms with Gasteiger partial charge in [-0.15, -0.1) is 11.8 Å². The molecular weight excluding hydrogens is 488 g/mol. The molecule has 0 aromatic carbocycles. The van der Waals surface area contributed by atoms with Crippen molar-refractivity contribution in [2.75, 3.05) is 11.5 Å². The van der Waals surface area contributed by atoms with Crippen LogP contribution in [0.25, 0.3) is 0 Å². The van der Waals surface area contributed by atoms with Crippen LogP contribution in [-0.4, -0.2) is 90.9 Å². The Morgan fingerprint density at radius 3 is 1.64 bits per heavy atom. The smallest absolute Gasteiger partial charge is 0.316 e. The van der Waals surface area contributed by atoms with E-state index in [2.05, 4.69) is 21.3 Å². The van der Waals surface area contributed by atoms with E-state index in [-0.39, 0.29) is 46.7 Å². The van der Waals surface area contributed by atoms with Gasteiger partial charge in [0.15, 0.2) is 0 Å². The summed E-state index contributed by atoms with van der Waals surface area (Å²) in [6, 6.07) is 0.148. The van der Waals surface area contributed by atoms with Crippen molar-refractivity contribution < 1.29 is 29.4 Å².